The van der Waals surface area contributed by atoms with Crippen LogP contribution in [0.3, 0.4) is 0 Å². The van der Waals surface area contributed by atoms with Crippen molar-refractivity contribution < 1.29 is 4.74 Å². The number of para-hydroxylation sites is 2. The topological polar surface area (TPSA) is 62.3 Å². The van der Waals surface area contributed by atoms with Crippen molar-refractivity contribution in [3.8, 4) is 11.8 Å². The Hall–Kier alpha value is -1.73. The minimum absolute atomic E-state index is 0.0747. The average molecular weight is 261 g/mol. The van der Waals surface area contributed by atoms with Gasteiger partial charge in [-0.1, -0.05) is 19.1 Å². The van der Waals surface area contributed by atoms with Crippen LogP contribution in [0.15, 0.2) is 24.3 Å². The SMILES string of the molecule is CCN(CCCOc1ccccc1N)CC(C)C#N. The molecule has 0 aliphatic rings. The van der Waals surface area contributed by atoms with Crippen molar-refractivity contribution in [2.75, 3.05) is 32.0 Å². The summed E-state index contributed by atoms with van der Waals surface area (Å²) in [4.78, 5) is 2.27. The lowest BCUT2D eigenvalue weighted by atomic mass is 10.2. The first kappa shape index (κ1) is 15.3. The molecule has 0 aliphatic carbocycles. The zero-order chi connectivity index (χ0) is 14.1. The van der Waals surface area contributed by atoms with Crippen LogP contribution < -0.4 is 10.5 Å². The molecule has 1 rings (SSSR count). The van der Waals surface area contributed by atoms with E-state index in [1.54, 1.807) is 0 Å². The molecule has 0 amide bonds. The van der Waals surface area contributed by atoms with E-state index in [9.17, 15) is 0 Å². The Morgan fingerprint density at radius 3 is 2.79 bits per heavy atom. The van der Waals surface area contributed by atoms with Crippen LogP contribution in [-0.4, -0.2) is 31.1 Å². The van der Waals surface area contributed by atoms with E-state index < -0.39 is 0 Å². The average Bonchev–Trinajstić information content (AvgIpc) is 2.43. The third kappa shape index (κ3) is 5.62. The Morgan fingerprint density at radius 2 is 2.16 bits per heavy atom. The zero-order valence-corrected chi connectivity index (χ0v) is 11.8. The molecule has 1 aromatic carbocycles. The fourth-order valence-electron chi connectivity index (χ4n) is 1.89. The molecule has 0 aromatic heterocycles. The number of benzene rings is 1. The Kier molecular flexibility index (Phi) is 6.76. The van der Waals surface area contributed by atoms with Crippen molar-refractivity contribution in [2.45, 2.75) is 20.3 Å². The van der Waals surface area contributed by atoms with E-state index in [0.29, 0.717) is 12.3 Å². The van der Waals surface area contributed by atoms with Crippen molar-refractivity contribution in [1.82, 2.24) is 4.90 Å². The predicted octanol–water partition coefficient (Wildman–Crippen LogP) is 2.52. The molecule has 0 fully saturated rings. The smallest absolute Gasteiger partial charge is 0.142 e. The number of ether oxygens (including phenoxy) is 1. The predicted molar refractivity (Wildman–Crippen MR) is 77.9 cm³/mol. The number of nitriles is 1. The fourth-order valence-corrected chi connectivity index (χ4v) is 1.89. The molecule has 1 unspecified atom stereocenters. The highest BCUT2D eigenvalue weighted by atomic mass is 16.5. The first-order valence-electron chi connectivity index (χ1n) is 6.76. The summed E-state index contributed by atoms with van der Waals surface area (Å²) in [7, 11) is 0. The fraction of sp³-hybridized carbons (Fsp3) is 0.533. The minimum atomic E-state index is 0.0747. The van der Waals surface area contributed by atoms with Crippen LogP contribution in [0.4, 0.5) is 5.69 Å². The molecular formula is C15H23N3O. The molecule has 4 heteroatoms. The third-order valence-corrected chi connectivity index (χ3v) is 2.99. The van der Waals surface area contributed by atoms with E-state index in [1.807, 2.05) is 31.2 Å². The summed E-state index contributed by atoms with van der Waals surface area (Å²) in [6.45, 7) is 7.42. The molecule has 1 aromatic rings. The van der Waals surface area contributed by atoms with Gasteiger partial charge in [0.05, 0.1) is 24.3 Å². The number of anilines is 1. The van der Waals surface area contributed by atoms with Gasteiger partial charge in [-0.25, -0.2) is 0 Å². The highest BCUT2D eigenvalue weighted by Crippen LogP contribution is 2.19. The second-order valence-corrected chi connectivity index (χ2v) is 4.66. The number of nitrogens with zero attached hydrogens (tertiary/aromatic N) is 2. The first-order chi connectivity index (χ1) is 9.17. The number of nitrogens with two attached hydrogens (primary N) is 1. The van der Waals surface area contributed by atoms with Crippen molar-refractivity contribution in [3.63, 3.8) is 0 Å². The van der Waals surface area contributed by atoms with Gasteiger partial charge in [0, 0.05) is 13.1 Å². The van der Waals surface area contributed by atoms with Crippen LogP contribution in [-0.2, 0) is 0 Å². The van der Waals surface area contributed by atoms with E-state index in [4.69, 9.17) is 15.7 Å². The summed E-state index contributed by atoms with van der Waals surface area (Å²) >= 11 is 0. The number of rotatable bonds is 8. The van der Waals surface area contributed by atoms with Crippen LogP contribution in [0.2, 0.25) is 0 Å². The van der Waals surface area contributed by atoms with E-state index >= 15 is 0 Å². The second kappa shape index (κ2) is 8.39. The van der Waals surface area contributed by atoms with E-state index in [-0.39, 0.29) is 5.92 Å². The molecule has 2 N–H and O–H groups in total. The number of hydrogen-bond acceptors (Lipinski definition) is 4. The molecular weight excluding hydrogens is 238 g/mol. The molecule has 4 nitrogen and oxygen atoms in total. The molecule has 0 radical (unpaired) electrons. The summed E-state index contributed by atoms with van der Waals surface area (Å²) in [6.07, 6.45) is 0.931. The standard InChI is InChI=1S/C15H23N3O/c1-3-18(12-13(2)11-16)9-6-10-19-15-8-5-4-7-14(15)17/h4-5,7-8,13H,3,6,9-10,12,17H2,1-2H3. The van der Waals surface area contributed by atoms with Crippen LogP contribution >= 0.6 is 0 Å². The quantitative estimate of drug-likeness (QED) is 0.577. The van der Waals surface area contributed by atoms with Gasteiger partial charge in [-0.2, -0.15) is 5.26 Å². The van der Waals surface area contributed by atoms with Gasteiger partial charge in [0.25, 0.3) is 0 Å². The maximum Gasteiger partial charge on any atom is 0.142 e. The largest absolute Gasteiger partial charge is 0.491 e. The highest BCUT2D eigenvalue weighted by molar-refractivity contribution is 5.51. The molecule has 1 atom stereocenters. The monoisotopic (exact) mass is 261 g/mol. The normalized spacial score (nSPS) is 12.1. The maximum absolute atomic E-state index is 8.81. The van der Waals surface area contributed by atoms with E-state index in [0.717, 1.165) is 31.8 Å². The molecule has 0 heterocycles. The second-order valence-electron chi connectivity index (χ2n) is 4.66. The molecule has 0 bridgehead atoms. The van der Waals surface area contributed by atoms with Gasteiger partial charge in [0.15, 0.2) is 0 Å². The summed E-state index contributed by atoms with van der Waals surface area (Å²) < 4.78 is 5.65. The number of hydrogen-bond donors (Lipinski definition) is 1. The Morgan fingerprint density at radius 1 is 1.42 bits per heavy atom. The van der Waals surface area contributed by atoms with Crippen LogP contribution in [0.5, 0.6) is 5.75 Å². The van der Waals surface area contributed by atoms with Crippen molar-refractivity contribution in [2.24, 2.45) is 5.92 Å². The minimum Gasteiger partial charge on any atom is -0.491 e. The van der Waals surface area contributed by atoms with Crippen molar-refractivity contribution >= 4 is 5.69 Å². The van der Waals surface area contributed by atoms with Gasteiger partial charge < -0.3 is 15.4 Å². The summed E-state index contributed by atoms with van der Waals surface area (Å²) in [6, 6.07) is 9.79. The summed E-state index contributed by atoms with van der Waals surface area (Å²) in [5, 5.41) is 8.81. The maximum atomic E-state index is 8.81. The first-order valence-corrected chi connectivity index (χ1v) is 6.76. The number of nitrogen functional groups attached to an aromatic ring is 1. The zero-order valence-electron chi connectivity index (χ0n) is 11.8. The molecule has 0 spiro atoms. The lowest BCUT2D eigenvalue weighted by Crippen LogP contribution is -2.29. The van der Waals surface area contributed by atoms with Crippen LogP contribution in [0.1, 0.15) is 20.3 Å². The lowest BCUT2D eigenvalue weighted by molar-refractivity contribution is 0.231. The summed E-state index contributed by atoms with van der Waals surface area (Å²) in [5.41, 5.74) is 6.48. The highest BCUT2D eigenvalue weighted by Gasteiger charge is 2.07. The van der Waals surface area contributed by atoms with Gasteiger partial charge >= 0.3 is 0 Å². The molecule has 0 aliphatic heterocycles. The Labute approximate surface area is 115 Å². The van der Waals surface area contributed by atoms with Gasteiger partial charge in [0.1, 0.15) is 5.75 Å². The van der Waals surface area contributed by atoms with Gasteiger partial charge in [-0.15, -0.1) is 0 Å². The van der Waals surface area contributed by atoms with Crippen molar-refractivity contribution in [1.29, 1.82) is 5.26 Å². The Balaban J connectivity index is 2.26. The van der Waals surface area contributed by atoms with Crippen LogP contribution in [0.25, 0.3) is 0 Å². The third-order valence-electron chi connectivity index (χ3n) is 2.99. The van der Waals surface area contributed by atoms with Gasteiger partial charge in [0.2, 0.25) is 0 Å². The molecule has 0 saturated carbocycles. The van der Waals surface area contributed by atoms with Crippen molar-refractivity contribution in [3.05, 3.63) is 24.3 Å². The van der Waals surface area contributed by atoms with Gasteiger partial charge in [-0.3, -0.25) is 0 Å². The molecule has 104 valence electrons. The van der Waals surface area contributed by atoms with E-state index in [1.165, 1.54) is 0 Å². The molecule has 0 saturated heterocycles. The van der Waals surface area contributed by atoms with E-state index in [2.05, 4.69) is 17.9 Å². The molecule has 19 heavy (non-hydrogen) atoms. The van der Waals surface area contributed by atoms with Crippen LogP contribution in [0, 0.1) is 17.2 Å². The lowest BCUT2D eigenvalue weighted by Gasteiger charge is -2.21. The summed E-state index contributed by atoms with van der Waals surface area (Å²) in [5.74, 6) is 0.821. The van der Waals surface area contributed by atoms with Gasteiger partial charge in [-0.05, 0) is 32.0 Å². The Bertz CT molecular complexity index is 414.